The Bertz CT molecular complexity index is 296. The number of carbonyl (C=O) groups excluding carboxylic acids is 1. The molecule has 1 heterocycles. The van der Waals surface area contributed by atoms with Crippen LogP contribution in [0.4, 0.5) is 10.6 Å². The lowest BCUT2D eigenvalue weighted by atomic mass is 10.2. The number of nitrogens with one attached hydrogen (secondary N) is 2. The molecule has 4 heteroatoms. The number of hydrogen-bond acceptors (Lipinski definition) is 2. The van der Waals surface area contributed by atoms with Crippen molar-refractivity contribution in [1.29, 1.82) is 0 Å². The minimum Gasteiger partial charge on any atom is -0.335 e. The van der Waals surface area contributed by atoms with Gasteiger partial charge in [-0.2, -0.15) is 0 Å². The van der Waals surface area contributed by atoms with Gasteiger partial charge in [-0.05, 0) is 25.0 Å². The monoisotopic (exact) mass is 207 g/mol. The molecule has 0 saturated carbocycles. The molecule has 0 bridgehead atoms. The average Bonchev–Trinajstić information content (AvgIpc) is 2.27. The summed E-state index contributed by atoms with van der Waals surface area (Å²) in [7, 11) is 0. The number of pyridine rings is 1. The molecular formula is C11H17N3O. The summed E-state index contributed by atoms with van der Waals surface area (Å²) in [6.07, 6.45) is 3.52. The highest BCUT2D eigenvalue weighted by molar-refractivity contribution is 5.88. The van der Waals surface area contributed by atoms with Crippen molar-refractivity contribution in [3.63, 3.8) is 0 Å². The Balaban J connectivity index is 2.43. The molecule has 0 unspecified atom stereocenters. The number of anilines is 1. The number of rotatable bonds is 4. The maximum atomic E-state index is 11.5. The Morgan fingerprint density at radius 3 is 2.67 bits per heavy atom. The lowest BCUT2D eigenvalue weighted by Crippen LogP contribution is -2.37. The lowest BCUT2D eigenvalue weighted by molar-refractivity contribution is 0.247. The highest BCUT2D eigenvalue weighted by Crippen LogP contribution is 2.01. The van der Waals surface area contributed by atoms with Crippen LogP contribution in [0.3, 0.4) is 0 Å². The van der Waals surface area contributed by atoms with Crippen LogP contribution in [0, 0.1) is 0 Å². The molecule has 0 aromatic carbocycles. The van der Waals surface area contributed by atoms with Gasteiger partial charge in [0, 0.05) is 12.2 Å². The van der Waals surface area contributed by atoms with E-state index in [4.69, 9.17) is 0 Å². The van der Waals surface area contributed by atoms with Gasteiger partial charge < -0.3 is 5.32 Å². The molecule has 82 valence electrons. The Hall–Kier alpha value is -1.58. The minimum atomic E-state index is -0.192. The maximum Gasteiger partial charge on any atom is 0.320 e. The molecule has 0 spiro atoms. The summed E-state index contributed by atoms with van der Waals surface area (Å²) in [4.78, 5) is 15.5. The van der Waals surface area contributed by atoms with Crippen LogP contribution in [0.15, 0.2) is 24.4 Å². The molecule has 0 fully saturated rings. The molecule has 0 atom stereocenters. The lowest BCUT2D eigenvalue weighted by Gasteiger charge is -2.14. The number of urea groups is 1. The molecular weight excluding hydrogens is 190 g/mol. The van der Waals surface area contributed by atoms with Crippen LogP contribution in [0.5, 0.6) is 0 Å². The van der Waals surface area contributed by atoms with Crippen LogP contribution in [0.2, 0.25) is 0 Å². The van der Waals surface area contributed by atoms with Crippen LogP contribution in [0.1, 0.15) is 26.7 Å². The Kier molecular flexibility index (Phi) is 4.60. The molecule has 0 aliphatic rings. The molecule has 1 rings (SSSR count). The standard InChI is InChI=1S/C11H17N3O/c1-3-9(4-2)13-11(15)14-10-7-5-6-8-12-10/h5-9H,3-4H2,1-2H3,(H2,12,13,14,15). The quantitative estimate of drug-likeness (QED) is 0.796. The normalized spacial score (nSPS) is 10.1. The first-order valence-corrected chi connectivity index (χ1v) is 5.24. The number of hydrogen-bond donors (Lipinski definition) is 2. The fourth-order valence-electron chi connectivity index (χ4n) is 1.27. The molecule has 1 aromatic heterocycles. The summed E-state index contributed by atoms with van der Waals surface area (Å²) in [6, 6.07) is 5.44. The van der Waals surface area contributed by atoms with Crippen LogP contribution in [-0.2, 0) is 0 Å². The predicted molar refractivity (Wildman–Crippen MR) is 60.8 cm³/mol. The van der Waals surface area contributed by atoms with E-state index < -0.39 is 0 Å². The molecule has 4 nitrogen and oxygen atoms in total. The van der Waals surface area contributed by atoms with Gasteiger partial charge in [0.05, 0.1) is 0 Å². The first-order chi connectivity index (χ1) is 7.26. The largest absolute Gasteiger partial charge is 0.335 e. The van der Waals surface area contributed by atoms with E-state index in [1.165, 1.54) is 0 Å². The topological polar surface area (TPSA) is 54.0 Å². The van der Waals surface area contributed by atoms with Gasteiger partial charge in [-0.1, -0.05) is 19.9 Å². The molecule has 1 aromatic rings. The molecule has 0 radical (unpaired) electrons. The van der Waals surface area contributed by atoms with Gasteiger partial charge in [0.15, 0.2) is 0 Å². The fourth-order valence-corrected chi connectivity index (χ4v) is 1.27. The van der Waals surface area contributed by atoms with Crippen molar-refractivity contribution in [2.45, 2.75) is 32.7 Å². The van der Waals surface area contributed by atoms with E-state index in [0.717, 1.165) is 12.8 Å². The van der Waals surface area contributed by atoms with Crippen molar-refractivity contribution in [1.82, 2.24) is 10.3 Å². The number of carbonyl (C=O) groups is 1. The number of amides is 2. The molecule has 15 heavy (non-hydrogen) atoms. The fraction of sp³-hybridized carbons (Fsp3) is 0.455. The second kappa shape index (κ2) is 6.01. The zero-order valence-corrected chi connectivity index (χ0v) is 9.16. The van der Waals surface area contributed by atoms with Gasteiger partial charge in [0.2, 0.25) is 0 Å². The van der Waals surface area contributed by atoms with E-state index >= 15 is 0 Å². The van der Waals surface area contributed by atoms with Crippen LogP contribution in [-0.4, -0.2) is 17.1 Å². The highest BCUT2D eigenvalue weighted by Gasteiger charge is 2.07. The van der Waals surface area contributed by atoms with E-state index in [1.807, 2.05) is 12.1 Å². The smallest absolute Gasteiger partial charge is 0.320 e. The molecule has 0 saturated heterocycles. The molecule has 0 aliphatic heterocycles. The highest BCUT2D eigenvalue weighted by atomic mass is 16.2. The van der Waals surface area contributed by atoms with Crippen molar-refractivity contribution in [2.75, 3.05) is 5.32 Å². The Morgan fingerprint density at radius 2 is 2.13 bits per heavy atom. The van der Waals surface area contributed by atoms with Gasteiger partial charge in [0.25, 0.3) is 0 Å². The van der Waals surface area contributed by atoms with E-state index in [9.17, 15) is 4.79 Å². The van der Waals surface area contributed by atoms with Gasteiger partial charge >= 0.3 is 6.03 Å². The van der Waals surface area contributed by atoms with Crippen molar-refractivity contribution < 1.29 is 4.79 Å². The summed E-state index contributed by atoms with van der Waals surface area (Å²) >= 11 is 0. The van der Waals surface area contributed by atoms with E-state index in [-0.39, 0.29) is 12.1 Å². The minimum absolute atomic E-state index is 0.192. The third-order valence-corrected chi connectivity index (χ3v) is 2.23. The SMILES string of the molecule is CCC(CC)NC(=O)Nc1ccccn1. The Labute approximate surface area is 90.1 Å². The van der Waals surface area contributed by atoms with Gasteiger partial charge in [-0.15, -0.1) is 0 Å². The van der Waals surface area contributed by atoms with Crippen molar-refractivity contribution in [2.24, 2.45) is 0 Å². The second-order valence-corrected chi connectivity index (χ2v) is 3.33. The van der Waals surface area contributed by atoms with Crippen molar-refractivity contribution in [3.05, 3.63) is 24.4 Å². The van der Waals surface area contributed by atoms with Crippen molar-refractivity contribution in [3.8, 4) is 0 Å². The van der Waals surface area contributed by atoms with Crippen molar-refractivity contribution >= 4 is 11.8 Å². The molecule has 2 N–H and O–H groups in total. The van der Waals surface area contributed by atoms with Gasteiger partial charge in [-0.25, -0.2) is 9.78 Å². The van der Waals surface area contributed by atoms with Gasteiger partial charge in [-0.3, -0.25) is 5.32 Å². The van der Waals surface area contributed by atoms with E-state index in [1.54, 1.807) is 12.3 Å². The van der Waals surface area contributed by atoms with Crippen LogP contribution < -0.4 is 10.6 Å². The number of aromatic nitrogens is 1. The third kappa shape index (κ3) is 3.97. The summed E-state index contributed by atoms with van der Waals surface area (Å²) in [5.41, 5.74) is 0. The third-order valence-electron chi connectivity index (χ3n) is 2.23. The summed E-state index contributed by atoms with van der Waals surface area (Å²) in [6.45, 7) is 4.10. The second-order valence-electron chi connectivity index (χ2n) is 3.33. The summed E-state index contributed by atoms with van der Waals surface area (Å²) in [5, 5.41) is 5.55. The van der Waals surface area contributed by atoms with E-state index in [0.29, 0.717) is 5.82 Å². The first kappa shape index (κ1) is 11.5. The maximum absolute atomic E-state index is 11.5. The van der Waals surface area contributed by atoms with Gasteiger partial charge in [0.1, 0.15) is 5.82 Å². The van der Waals surface area contributed by atoms with E-state index in [2.05, 4.69) is 29.5 Å². The summed E-state index contributed by atoms with van der Waals surface area (Å²) < 4.78 is 0. The van der Waals surface area contributed by atoms with Crippen LogP contribution >= 0.6 is 0 Å². The molecule has 0 aliphatic carbocycles. The first-order valence-electron chi connectivity index (χ1n) is 5.24. The summed E-state index contributed by atoms with van der Waals surface area (Å²) in [5.74, 6) is 0.570. The number of nitrogens with zero attached hydrogens (tertiary/aromatic N) is 1. The molecule has 2 amide bonds. The Morgan fingerprint density at radius 1 is 1.40 bits per heavy atom. The predicted octanol–water partition coefficient (Wildman–Crippen LogP) is 2.39. The zero-order chi connectivity index (χ0) is 11.1. The average molecular weight is 207 g/mol. The van der Waals surface area contributed by atoms with Crippen LogP contribution in [0.25, 0.3) is 0 Å². The zero-order valence-electron chi connectivity index (χ0n) is 9.16.